The fourth-order valence-electron chi connectivity index (χ4n) is 4.62. The summed E-state index contributed by atoms with van der Waals surface area (Å²) >= 11 is 0. The second-order valence-corrected chi connectivity index (χ2v) is 9.14. The summed E-state index contributed by atoms with van der Waals surface area (Å²) in [7, 11) is 1.62. The van der Waals surface area contributed by atoms with Gasteiger partial charge in [-0.1, -0.05) is 17.7 Å². The molecule has 8 heteroatoms. The molecule has 0 aliphatic heterocycles. The first kappa shape index (κ1) is 26.3. The Hall–Kier alpha value is -5.29. The zero-order valence-electron chi connectivity index (χ0n) is 22.7. The molecule has 0 saturated carbocycles. The summed E-state index contributed by atoms with van der Waals surface area (Å²) in [6.07, 6.45) is 1.58. The molecule has 0 fully saturated rings. The van der Waals surface area contributed by atoms with E-state index in [1.165, 1.54) is 0 Å². The second-order valence-electron chi connectivity index (χ2n) is 9.14. The number of ether oxygens (including phenoxy) is 3. The van der Waals surface area contributed by atoms with Crippen molar-refractivity contribution in [3.63, 3.8) is 0 Å². The molecule has 0 radical (unpaired) electrons. The maximum Gasteiger partial charge on any atom is 0.340 e. The zero-order chi connectivity index (χ0) is 28.2. The molecule has 1 N–H and O–H groups in total. The minimum atomic E-state index is -0.422. The van der Waals surface area contributed by atoms with Gasteiger partial charge in [-0.05, 0) is 81.4 Å². The normalized spacial score (nSPS) is 10.7. The summed E-state index contributed by atoms with van der Waals surface area (Å²) < 4.78 is 18.8. The molecule has 2 aromatic heterocycles. The van der Waals surface area contributed by atoms with E-state index in [9.17, 15) is 10.1 Å². The standard InChI is InChI=1S/C32H28N4O4/c1-5-39-32(37)30-21(3)36(23-10-12-24(38-4)13-11-23)29-15-14-25(18-26(29)30)40-31-27(19-33)28(16-17-34-31)35-22-8-6-20(2)7-9-22/h6-18H,5H2,1-4H3,(H,34,35). The highest BCUT2D eigenvalue weighted by Gasteiger charge is 2.23. The number of nitriles is 1. The first-order chi connectivity index (χ1) is 19.4. The summed E-state index contributed by atoms with van der Waals surface area (Å²) in [5.74, 6) is 0.901. The number of esters is 1. The Kier molecular flexibility index (Phi) is 7.38. The Bertz CT molecular complexity index is 1730. The van der Waals surface area contributed by atoms with Crippen LogP contribution in [0.15, 0.2) is 79.0 Å². The smallest absolute Gasteiger partial charge is 0.340 e. The monoisotopic (exact) mass is 532 g/mol. The van der Waals surface area contributed by atoms with Gasteiger partial charge in [-0.3, -0.25) is 0 Å². The van der Waals surface area contributed by atoms with E-state index >= 15 is 0 Å². The van der Waals surface area contributed by atoms with Crippen LogP contribution < -0.4 is 14.8 Å². The fourth-order valence-corrected chi connectivity index (χ4v) is 4.62. The molecule has 0 amide bonds. The number of rotatable bonds is 8. The van der Waals surface area contributed by atoms with Gasteiger partial charge in [0.05, 0.1) is 30.5 Å². The third-order valence-electron chi connectivity index (χ3n) is 6.56. The zero-order valence-corrected chi connectivity index (χ0v) is 22.7. The quantitative estimate of drug-likeness (QED) is 0.210. The number of hydrogen-bond acceptors (Lipinski definition) is 7. The summed E-state index contributed by atoms with van der Waals surface area (Å²) in [6.45, 7) is 5.92. The number of nitrogens with zero attached hydrogens (tertiary/aromatic N) is 3. The van der Waals surface area contributed by atoms with Crippen LogP contribution in [-0.2, 0) is 4.74 Å². The molecule has 3 aromatic carbocycles. The molecule has 5 rings (SSSR count). The molecular formula is C32H28N4O4. The van der Waals surface area contributed by atoms with Gasteiger partial charge >= 0.3 is 5.97 Å². The third-order valence-corrected chi connectivity index (χ3v) is 6.56. The minimum absolute atomic E-state index is 0.156. The highest BCUT2D eigenvalue weighted by atomic mass is 16.5. The van der Waals surface area contributed by atoms with E-state index < -0.39 is 5.97 Å². The fraction of sp³-hybridized carbons (Fsp3) is 0.156. The van der Waals surface area contributed by atoms with Gasteiger partial charge in [0.15, 0.2) is 0 Å². The van der Waals surface area contributed by atoms with E-state index in [0.29, 0.717) is 22.4 Å². The number of hydrogen-bond donors (Lipinski definition) is 1. The van der Waals surface area contributed by atoms with Crippen molar-refractivity contribution in [2.75, 3.05) is 19.0 Å². The molecule has 0 spiro atoms. The van der Waals surface area contributed by atoms with Crippen molar-refractivity contribution in [1.29, 1.82) is 5.26 Å². The van der Waals surface area contributed by atoms with Crippen molar-refractivity contribution < 1.29 is 19.0 Å². The van der Waals surface area contributed by atoms with E-state index in [0.717, 1.165) is 33.9 Å². The lowest BCUT2D eigenvalue weighted by molar-refractivity contribution is 0.0527. The Labute approximate surface area is 232 Å². The Balaban J connectivity index is 1.56. The van der Waals surface area contributed by atoms with Gasteiger partial charge in [-0.2, -0.15) is 5.26 Å². The average Bonchev–Trinajstić information content (AvgIpc) is 3.25. The third kappa shape index (κ3) is 5.05. The lowest BCUT2D eigenvalue weighted by Gasteiger charge is -2.12. The summed E-state index contributed by atoms with van der Waals surface area (Å²) in [5, 5.41) is 13.9. The Morgan fingerprint density at radius 3 is 2.40 bits per heavy atom. The number of fused-ring (bicyclic) bond motifs is 1. The molecule has 0 atom stereocenters. The van der Waals surface area contributed by atoms with Crippen LogP contribution >= 0.6 is 0 Å². The highest BCUT2D eigenvalue weighted by molar-refractivity contribution is 6.07. The first-order valence-electron chi connectivity index (χ1n) is 12.8. The van der Waals surface area contributed by atoms with Crippen LogP contribution in [-0.4, -0.2) is 29.2 Å². The van der Waals surface area contributed by atoms with Crippen LogP contribution in [0.2, 0.25) is 0 Å². The number of carbonyl (C=O) groups excluding carboxylic acids is 1. The molecule has 5 aromatic rings. The molecule has 40 heavy (non-hydrogen) atoms. The molecule has 200 valence electrons. The molecule has 0 aliphatic rings. The van der Waals surface area contributed by atoms with Crippen LogP contribution in [0.1, 0.15) is 34.1 Å². The van der Waals surface area contributed by atoms with Gasteiger partial charge in [0.1, 0.15) is 23.1 Å². The predicted octanol–water partition coefficient (Wildman–Crippen LogP) is 7.24. The second kappa shape index (κ2) is 11.2. The topological polar surface area (TPSA) is 98.4 Å². The highest BCUT2D eigenvalue weighted by Crippen LogP contribution is 2.36. The maximum atomic E-state index is 13.1. The van der Waals surface area contributed by atoms with Crippen LogP contribution in [0.25, 0.3) is 16.6 Å². The van der Waals surface area contributed by atoms with Crippen LogP contribution in [0, 0.1) is 25.2 Å². The van der Waals surface area contributed by atoms with Crippen molar-refractivity contribution in [1.82, 2.24) is 9.55 Å². The molecule has 0 unspecified atom stereocenters. The number of aromatic nitrogens is 2. The molecule has 0 saturated heterocycles. The van der Waals surface area contributed by atoms with Crippen molar-refractivity contribution >= 4 is 28.2 Å². The Morgan fingerprint density at radius 2 is 1.73 bits per heavy atom. The Morgan fingerprint density at radius 1 is 1.00 bits per heavy atom. The molecule has 8 nitrogen and oxygen atoms in total. The number of methoxy groups -OCH3 is 1. The van der Waals surface area contributed by atoms with Crippen molar-refractivity contribution in [3.05, 3.63) is 101 Å². The van der Waals surface area contributed by atoms with Crippen molar-refractivity contribution in [2.45, 2.75) is 20.8 Å². The van der Waals surface area contributed by atoms with Crippen molar-refractivity contribution in [2.24, 2.45) is 0 Å². The minimum Gasteiger partial charge on any atom is -0.497 e. The predicted molar refractivity (Wildman–Crippen MR) is 154 cm³/mol. The van der Waals surface area contributed by atoms with E-state index in [1.807, 2.05) is 73.0 Å². The van der Waals surface area contributed by atoms with Gasteiger partial charge in [-0.15, -0.1) is 0 Å². The van der Waals surface area contributed by atoms with Gasteiger partial charge in [0, 0.05) is 28.7 Å². The van der Waals surface area contributed by atoms with Gasteiger partial charge in [0.2, 0.25) is 5.88 Å². The van der Waals surface area contributed by atoms with Crippen LogP contribution in [0.3, 0.4) is 0 Å². The van der Waals surface area contributed by atoms with Gasteiger partial charge < -0.3 is 24.1 Å². The molecule has 0 bridgehead atoms. The van der Waals surface area contributed by atoms with Gasteiger partial charge in [-0.25, -0.2) is 9.78 Å². The van der Waals surface area contributed by atoms with Gasteiger partial charge in [0.25, 0.3) is 0 Å². The first-order valence-corrected chi connectivity index (χ1v) is 12.8. The van der Waals surface area contributed by atoms with E-state index in [-0.39, 0.29) is 18.1 Å². The van der Waals surface area contributed by atoms with E-state index in [2.05, 4.69) is 16.4 Å². The van der Waals surface area contributed by atoms with Crippen LogP contribution in [0.5, 0.6) is 17.4 Å². The summed E-state index contributed by atoms with van der Waals surface area (Å²) in [6, 6.07) is 24.8. The van der Waals surface area contributed by atoms with Crippen molar-refractivity contribution in [3.8, 4) is 29.1 Å². The average molecular weight is 533 g/mol. The molecular weight excluding hydrogens is 504 g/mol. The number of benzene rings is 3. The maximum absolute atomic E-state index is 13.1. The number of carbonyl (C=O) groups is 1. The van der Waals surface area contributed by atoms with E-state index in [4.69, 9.17) is 14.2 Å². The lowest BCUT2D eigenvalue weighted by Crippen LogP contribution is -2.07. The lowest BCUT2D eigenvalue weighted by atomic mass is 10.1. The largest absolute Gasteiger partial charge is 0.497 e. The summed E-state index contributed by atoms with van der Waals surface area (Å²) in [5.41, 5.74) is 5.68. The number of aryl methyl sites for hydroxylation is 1. The number of nitrogens with one attached hydrogen (secondary N) is 1. The van der Waals surface area contributed by atoms with E-state index in [1.54, 1.807) is 38.4 Å². The SMILES string of the molecule is CCOC(=O)c1c(C)n(-c2ccc(OC)cc2)c2ccc(Oc3nccc(Nc4ccc(C)cc4)c3C#N)cc12. The summed E-state index contributed by atoms with van der Waals surface area (Å²) in [4.78, 5) is 17.4. The molecule has 0 aliphatic carbocycles. The number of anilines is 2. The van der Waals surface area contributed by atoms with Crippen LogP contribution in [0.4, 0.5) is 11.4 Å². The number of pyridine rings is 1. The molecule has 2 heterocycles.